The second kappa shape index (κ2) is 5.68. The molecule has 7 heteroatoms. The number of aryl methyl sites for hydroxylation is 1. The van der Waals surface area contributed by atoms with Crippen molar-refractivity contribution < 1.29 is 0 Å². The first-order chi connectivity index (χ1) is 9.74. The van der Waals surface area contributed by atoms with E-state index in [1.54, 1.807) is 29.0 Å². The maximum Gasteiger partial charge on any atom is 0.173 e. The first-order valence-corrected chi connectivity index (χ1v) is 7.35. The molecule has 0 saturated carbocycles. The number of benzene rings is 1. The summed E-state index contributed by atoms with van der Waals surface area (Å²) < 4.78 is 3.77. The van der Waals surface area contributed by atoms with Gasteiger partial charge in [-0.25, -0.2) is 9.97 Å². The van der Waals surface area contributed by atoms with Gasteiger partial charge in [0.2, 0.25) is 0 Å². The van der Waals surface area contributed by atoms with Gasteiger partial charge in [0.15, 0.2) is 5.16 Å². The highest BCUT2D eigenvalue weighted by Crippen LogP contribution is 2.24. The molecule has 0 atom stereocenters. The molecule has 0 saturated heterocycles. The Labute approximate surface area is 125 Å². The normalized spacial score (nSPS) is 10.9. The summed E-state index contributed by atoms with van der Waals surface area (Å²) in [5, 5.41) is 5.66. The van der Waals surface area contributed by atoms with E-state index in [0.717, 1.165) is 16.7 Å². The fourth-order valence-electron chi connectivity index (χ4n) is 1.80. The van der Waals surface area contributed by atoms with Crippen molar-refractivity contribution in [2.75, 3.05) is 0 Å². The van der Waals surface area contributed by atoms with Gasteiger partial charge in [0.25, 0.3) is 0 Å². The molecule has 5 nitrogen and oxygen atoms in total. The highest BCUT2D eigenvalue weighted by Gasteiger charge is 2.08. The predicted molar refractivity (Wildman–Crippen MR) is 79.1 cm³/mol. The van der Waals surface area contributed by atoms with Gasteiger partial charge in [0, 0.05) is 30.2 Å². The Morgan fingerprint density at radius 2 is 2.20 bits per heavy atom. The number of halogens is 1. The van der Waals surface area contributed by atoms with E-state index in [1.807, 2.05) is 42.1 Å². The van der Waals surface area contributed by atoms with E-state index in [2.05, 4.69) is 15.1 Å². The van der Waals surface area contributed by atoms with Crippen molar-refractivity contribution in [3.05, 3.63) is 53.8 Å². The largest absolute Gasteiger partial charge is 0.295 e. The van der Waals surface area contributed by atoms with Gasteiger partial charge >= 0.3 is 0 Å². The molecule has 0 N–H and O–H groups in total. The minimum atomic E-state index is 0.709. The van der Waals surface area contributed by atoms with Crippen LogP contribution in [0, 0.1) is 0 Å². The summed E-state index contributed by atoms with van der Waals surface area (Å²) >= 11 is 7.64. The Balaban J connectivity index is 1.82. The van der Waals surface area contributed by atoms with Crippen LogP contribution in [-0.4, -0.2) is 24.3 Å². The first-order valence-electron chi connectivity index (χ1n) is 5.99. The Bertz CT molecular complexity index is 721. The lowest BCUT2D eigenvalue weighted by Gasteiger charge is -2.07. The van der Waals surface area contributed by atoms with Crippen molar-refractivity contribution in [2.24, 2.45) is 7.05 Å². The molecule has 3 aromatic rings. The van der Waals surface area contributed by atoms with Crippen LogP contribution < -0.4 is 0 Å². The molecule has 0 spiro atoms. The maximum atomic E-state index is 6.03. The smallest absolute Gasteiger partial charge is 0.173 e. The summed E-state index contributed by atoms with van der Waals surface area (Å²) in [6.45, 7) is 0. The van der Waals surface area contributed by atoms with E-state index in [4.69, 9.17) is 11.6 Å². The molecule has 0 aliphatic heterocycles. The Morgan fingerprint density at radius 3 is 2.95 bits per heavy atom. The summed E-state index contributed by atoms with van der Waals surface area (Å²) in [6.07, 6.45) is 5.25. The van der Waals surface area contributed by atoms with Crippen LogP contribution in [0.25, 0.3) is 5.69 Å². The molecule has 0 unspecified atom stereocenters. The average Bonchev–Trinajstić information content (AvgIpc) is 3.05. The summed E-state index contributed by atoms with van der Waals surface area (Å²) in [4.78, 5) is 8.58. The molecule has 2 heterocycles. The minimum absolute atomic E-state index is 0.709. The summed E-state index contributed by atoms with van der Waals surface area (Å²) in [7, 11) is 1.88. The molecule has 3 rings (SSSR count). The number of thioether (sulfide) groups is 1. The van der Waals surface area contributed by atoms with E-state index in [0.29, 0.717) is 10.8 Å². The van der Waals surface area contributed by atoms with Gasteiger partial charge < -0.3 is 0 Å². The molecule has 0 aliphatic rings. The highest BCUT2D eigenvalue weighted by atomic mass is 35.5. The minimum Gasteiger partial charge on any atom is -0.295 e. The lowest BCUT2D eigenvalue weighted by atomic mass is 10.3. The number of imidazole rings is 1. The monoisotopic (exact) mass is 305 g/mol. The van der Waals surface area contributed by atoms with Crippen LogP contribution in [0.4, 0.5) is 0 Å². The second-order valence-electron chi connectivity index (χ2n) is 4.15. The number of rotatable bonds is 4. The van der Waals surface area contributed by atoms with Gasteiger partial charge in [0.1, 0.15) is 12.2 Å². The van der Waals surface area contributed by atoms with Gasteiger partial charge in [0.05, 0.1) is 5.75 Å². The van der Waals surface area contributed by atoms with E-state index >= 15 is 0 Å². The first kappa shape index (κ1) is 13.2. The van der Waals surface area contributed by atoms with E-state index in [-0.39, 0.29) is 0 Å². The Hall–Kier alpha value is -1.79. The fourth-order valence-corrected chi connectivity index (χ4v) is 2.94. The zero-order chi connectivity index (χ0) is 13.9. The maximum absolute atomic E-state index is 6.03. The van der Waals surface area contributed by atoms with E-state index in [1.165, 1.54) is 0 Å². The lowest BCUT2D eigenvalue weighted by Crippen LogP contribution is -1.99. The third-order valence-electron chi connectivity index (χ3n) is 2.83. The van der Waals surface area contributed by atoms with Crippen LogP contribution in [0.2, 0.25) is 5.02 Å². The molecule has 0 amide bonds. The molecule has 0 radical (unpaired) electrons. The summed E-state index contributed by atoms with van der Waals surface area (Å²) in [5.41, 5.74) is 0.996. The van der Waals surface area contributed by atoms with Crippen molar-refractivity contribution in [1.29, 1.82) is 0 Å². The molecular weight excluding hydrogens is 294 g/mol. The van der Waals surface area contributed by atoms with Crippen molar-refractivity contribution in [1.82, 2.24) is 24.3 Å². The molecule has 0 fully saturated rings. The van der Waals surface area contributed by atoms with Gasteiger partial charge in [-0.15, -0.1) is 0 Å². The van der Waals surface area contributed by atoms with Crippen molar-refractivity contribution in [2.45, 2.75) is 10.9 Å². The number of hydrogen-bond acceptors (Lipinski definition) is 4. The predicted octanol–water partition coefficient (Wildman–Crippen LogP) is 2.95. The zero-order valence-corrected chi connectivity index (χ0v) is 12.3. The van der Waals surface area contributed by atoms with Gasteiger partial charge in [-0.05, 0) is 18.2 Å². The molecule has 0 aliphatic carbocycles. The molecule has 0 bridgehead atoms. The molecule has 102 valence electrons. The third-order valence-corrected chi connectivity index (χ3v) is 4.03. The van der Waals surface area contributed by atoms with Gasteiger partial charge in [-0.1, -0.05) is 29.4 Å². The number of hydrogen-bond donors (Lipinski definition) is 0. The van der Waals surface area contributed by atoms with E-state index in [9.17, 15) is 0 Å². The van der Waals surface area contributed by atoms with Crippen molar-refractivity contribution in [3.63, 3.8) is 0 Å². The van der Waals surface area contributed by atoms with Crippen molar-refractivity contribution in [3.8, 4) is 5.69 Å². The summed E-state index contributed by atoms with van der Waals surface area (Å²) in [6, 6.07) is 7.69. The highest BCUT2D eigenvalue weighted by molar-refractivity contribution is 7.98. The van der Waals surface area contributed by atoms with Crippen LogP contribution in [-0.2, 0) is 12.8 Å². The standard InChI is InChI=1S/C13H12ClN5S/c1-18-12(16-9-17-18)8-20-13-15-5-6-19(13)11-4-2-3-10(14)7-11/h2-7,9H,8H2,1H3. The topological polar surface area (TPSA) is 48.5 Å². The van der Waals surface area contributed by atoms with Crippen LogP contribution in [0.1, 0.15) is 5.82 Å². The van der Waals surface area contributed by atoms with Gasteiger partial charge in [-0.2, -0.15) is 5.10 Å². The Morgan fingerprint density at radius 1 is 1.30 bits per heavy atom. The zero-order valence-electron chi connectivity index (χ0n) is 10.8. The van der Waals surface area contributed by atoms with Crippen molar-refractivity contribution >= 4 is 23.4 Å². The molecule has 20 heavy (non-hydrogen) atoms. The van der Waals surface area contributed by atoms with Crippen LogP contribution >= 0.6 is 23.4 Å². The quantitative estimate of drug-likeness (QED) is 0.695. The number of aromatic nitrogens is 5. The Kier molecular flexibility index (Phi) is 3.75. The molecule has 1 aromatic carbocycles. The third kappa shape index (κ3) is 2.71. The molecular formula is C13H12ClN5S. The average molecular weight is 306 g/mol. The number of nitrogens with zero attached hydrogens (tertiary/aromatic N) is 5. The molecule has 2 aromatic heterocycles. The summed E-state index contributed by atoms with van der Waals surface area (Å²) in [5.74, 6) is 1.63. The lowest BCUT2D eigenvalue weighted by molar-refractivity contribution is 0.729. The SMILES string of the molecule is Cn1ncnc1CSc1nccn1-c1cccc(Cl)c1. The van der Waals surface area contributed by atoms with Gasteiger partial charge in [-0.3, -0.25) is 9.25 Å². The fraction of sp³-hybridized carbons (Fsp3) is 0.154. The van der Waals surface area contributed by atoms with Crippen LogP contribution in [0.3, 0.4) is 0 Å². The second-order valence-corrected chi connectivity index (χ2v) is 5.53. The van der Waals surface area contributed by atoms with Crippen LogP contribution in [0.15, 0.2) is 48.1 Å². The van der Waals surface area contributed by atoms with Crippen LogP contribution in [0.5, 0.6) is 0 Å². The van der Waals surface area contributed by atoms with E-state index < -0.39 is 0 Å².